The quantitative estimate of drug-likeness (QED) is 0.597. The van der Waals surface area contributed by atoms with Crippen molar-refractivity contribution in [3.05, 3.63) is 69.2 Å². The predicted molar refractivity (Wildman–Crippen MR) is 87.4 cm³/mol. The molecule has 0 radical (unpaired) electrons. The van der Waals surface area contributed by atoms with E-state index in [1.165, 1.54) is 18.2 Å². The van der Waals surface area contributed by atoms with Gasteiger partial charge in [-0.2, -0.15) is 0 Å². The van der Waals surface area contributed by atoms with Crippen LogP contribution in [0.3, 0.4) is 0 Å². The number of benzene rings is 2. The van der Waals surface area contributed by atoms with E-state index in [4.69, 9.17) is 9.94 Å². The van der Waals surface area contributed by atoms with Gasteiger partial charge in [-0.05, 0) is 52.9 Å². The second-order valence-corrected chi connectivity index (χ2v) is 5.51. The number of hydrazine groups is 1. The van der Waals surface area contributed by atoms with Crippen LogP contribution in [0.4, 0.5) is 10.1 Å². The van der Waals surface area contributed by atoms with Gasteiger partial charge in [0.05, 0.1) is 16.8 Å². The van der Waals surface area contributed by atoms with Crippen LogP contribution in [0.2, 0.25) is 0 Å². The smallest absolute Gasteiger partial charge is 0.335 e. The van der Waals surface area contributed by atoms with Crippen LogP contribution in [0.25, 0.3) is 5.76 Å². The van der Waals surface area contributed by atoms with E-state index in [2.05, 4.69) is 5.59 Å². The van der Waals surface area contributed by atoms with E-state index in [9.17, 15) is 9.18 Å². The summed E-state index contributed by atoms with van der Waals surface area (Å²) in [7, 11) is 0. The SMILES string of the molecule is O=C(O)c1cccc(N2NOC(c3ccccc3F)=C2I)c1. The molecular formula is C15H10FIN2O3. The fourth-order valence-corrected chi connectivity index (χ4v) is 2.81. The van der Waals surface area contributed by atoms with Crippen LogP contribution in [0.15, 0.2) is 52.2 Å². The van der Waals surface area contributed by atoms with Crippen LogP contribution in [-0.4, -0.2) is 11.1 Å². The number of anilines is 1. The maximum atomic E-state index is 13.9. The number of hydrogen-bond acceptors (Lipinski definition) is 4. The first kappa shape index (κ1) is 14.8. The lowest BCUT2D eigenvalue weighted by Gasteiger charge is -2.16. The number of carbonyl (C=O) groups is 1. The molecular weight excluding hydrogens is 402 g/mol. The van der Waals surface area contributed by atoms with Gasteiger partial charge in [0.2, 0.25) is 0 Å². The van der Waals surface area contributed by atoms with Crippen LogP contribution in [-0.2, 0) is 4.84 Å². The molecule has 2 N–H and O–H groups in total. The van der Waals surface area contributed by atoms with Gasteiger partial charge in [-0.1, -0.05) is 23.8 Å². The maximum absolute atomic E-state index is 13.9. The molecule has 2 aromatic carbocycles. The van der Waals surface area contributed by atoms with E-state index >= 15 is 0 Å². The molecule has 0 aromatic heterocycles. The summed E-state index contributed by atoms with van der Waals surface area (Å²) in [6, 6.07) is 12.6. The largest absolute Gasteiger partial charge is 0.478 e. The molecule has 7 heteroatoms. The second kappa shape index (κ2) is 5.93. The lowest BCUT2D eigenvalue weighted by Crippen LogP contribution is -2.29. The number of carboxylic acids is 1. The van der Waals surface area contributed by atoms with Crippen LogP contribution >= 0.6 is 22.6 Å². The lowest BCUT2D eigenvalue weighted by molar-refractivity contribution is 0.0697. The normalized spacial score (nSPS) is 14.2. The molecule has 3 rings (SSSR count). The number of hydrogen-bond donors (Lipinski definition) is 2. The van der Waals surface area contributed by atoms with Gasteiger partial charge in [-0.15, -0.1) is 0 Å². The molecule has 5 nitrogen and oxygen atoms in total. The van der Waals surface area contributed by atoms with Crippen molar-refractivity contribution in [3.8, 4) is 0 Å². The molecule has 1 aliphatic rings. The minimum atomic E-state index is -1.02. The van der Waals surface area contributed by atoms with Crippen molar-refractivity contribution in [1.82, 2.24) is 5.59 Å². The first-order valence-electron chi connectivity index (χ1n) is 6.28. The van der Waals surface area contributed by atoms with Crippen LogP contribution < -0.4 is 10.6 Å². The standard InChI is InChI=1S/C15H10FIN2O3/c16-12-7-2-1-6-11(12)13-14(17)19(18-22-13)10-5-3-4-9(8-10)15(20)21/h1-8,18H,(H,20,21). The van der Waals surface area contributed by atoms with Gasteiger partial charge < -0.3 is 9.94 Å². The fraction of sp³-hybridized carbons (Fsp3) is 0. The maximum Gasteiger partial charge on any atom is 0.335 e. The Bertz CT molecular complexity index is 779. The summed E-state index contributed by atoms with van der Waals surface area (Å²) in [6.07, 6.45) is 0. The van der Waals surface area contributed by atoms with E-state index in [0.29, 0.717) is 20.7 Å². The summed E-state index contributed by atoms with van der Waals surface area (Å²) in [5.41, 5.74) is 3.72. The van der Waals surface area contributed by atoms with Gasteiger partial charge in [0.25, 0.3) is 0 Å². The van der Waals surface area contributed by atoms with Gasteiger partial charge in [0.15, 0.2) is 5.76 Å². The molecule has 112 valence electrons. The van der Waals surface area contributed by atoms with Gasteiger partial charge in [-0.25, -0.2) is 14.2 Å². The third-order valence-electron chi connectivity index (χ3n) is 3.09. The molecule has 0 fully saturated rings. The molecule has 22 heavy (non-hydrogen) atoms. The van der Waals surface area contributed by atoms with Gasteiger partial charge >= 0.3 is 5.97 Å². The summed E-state index contributed by atoms with van der Waals surface area (Å²) in [6.45, 7) is 0. The zero-order valence-corrected chi connectivity index (χ0v) is 13.2. The van der Waals surface area contributed by atoms with Crippen molar-refractivity contribution in [2.45, 2.75) is 0 Å². The van der Waals surface area contributed by atoms with Gasteiger partial charge in [0.1, 0.15) is 9.52 Å². The molecule has 0 amide bonds. The van der Waals surface area contributed by atoms with Crippen LogP contribution in [0.5, 0.6) is 0 Å². The summed E-state index contributed by atoms with van der Waals surface area (Å²) < 4.78 is 14.5. The minimum Gasteiger partial charge on any atom is -0.478 e. The summed E-state index contributed by atoms with van der Waals surface area (Å²) >= 11 is 2.01. The number of nitrogens with zero attached hydrogens (tertiary/aromatic N) is 1. The zero-order valence-electron chi connectivity index (χ0n) is 11.1. The Morgan fingerprint density at radius 1 is 1.23 bits per heavy atom. The highest BCUT2D eigenvalue weighted by molar-refractivity contribution is 14.1. The average molecular weight is 412 g/mol. The van der Waals surface area contributed by atoms with Crippen molar-refractivity contribution in [1.29, 1.82) is 0 Å². The highest BCUT2D eigenvalue weighted by Gasteiger charge is 2.27. The minimum absolute atomic E-state index is 0.155. The van der Waals surface area contributed by atoms with Crippen molar-refractivity contribution in [2.24, 2.45) is 0 Å². The Hall–Kier alpha value is -2.13. The Kier molecular flexibility index (Phi) is 3.99. The first-order chi connectivity index (χ1) is 10.6. The van der Waals surface area contributed by atoms with E-state index in [0.717, 1.165) is 0 Å². The molecule has 0 bridgehead atoms. The van der Waals surface area contributed by atoms with Gasteiger partial charge in [0, 0.05) is 0 Å². The summed E-state index contributed by atoms with van der Waals surface area (Å²) in [5, 5.41) is 10.6. The number of aromatic carboxylic acids is 1. The number of carboxylic acid groups (broad SMARTS) is 1. The lowest BCUT2D eigenvalue weighted by atomic mass is 10.2. The third-order valence-corrected chi connectivity index (χ3v) is 4.06. The van der Waals surface area contributed by atoms with E-state index < -0.39 is 11.8 Å². The molecule has 2 aromatic rings. The zero-order chi connectivity index (χ0) is 15.7. The number of rotatable bonds is 3. The monoisotopic (exact) mass is 412 g/mol. The molecule has 0 saturated carbocycles. The van der Waals surface area contributed by atoms with E-state index in [1.54, 1.807) is 35.3 Å². The molecule has 0 saturated heterocycles. The van der Waals surface area contributed by atoms with Crippen molar-refractivity contribution in [2.75, 3.05) is 5.01 Å². The molecule has 0 atom stereocenters. The topological polar surface area (TPSA) is 61.8 Å². The molecule has 0 unspecified atom stereocenters. The van der Waals surface area contributed by atoms with E-state index in [-0.39, 0.29) is 5.56 Å². The molecule has 0 aliphatic carbocycles. The number of halogens is 2. The Morgan fingerprint density at radius 2 is 2.00 bits per heavy atom. The Balaban J connectivity index is 2.00. The second-order valence-electron chi connectivity index (χ2n) is 4.48. The van der Waals surface area contributed by atoms with E-state index in [1.807, 2.05) is 22.6 Å². The predicted octanol–water partition coefficient (Wildman–Crippen LogP) is 3.54. The average Bonchev–Trinajstić information content (AvgIpc) is 2.89. The first-order valence-corrected chi connectivity index (χ1v) is 7.36. The number of nitrogens with one attached hydrogen (secondary N) is 1. The highest BCUT2D eigenvalue weighted by atomic mass is 127. The summed E-state index contributed by atoms with van der Waals surface area (Å²) in [5.74, 6) is -1.07. The fourth-order valence-electron chi connectivity index (χ4n) is 2.03. The Morgan fingerprint density at radius 3 is 2.73 bits per heavy atom. The van der Waals surface area contributed by atoms with Crippen LogP contribution in [0.1, 0.15) is 15.9 Å². The van der Waals surface area contributed by atoms with Crippen LogP contribution in [0, 0.1) is 5.82 Å². The third kappa shape index (κ3) is 2.64. The molecule has 1 aliphatic heterocycles. The van der Waals surface area contributed by atoms with Gasteiger partial charge in [-0.3, -0.25) is 0 Å². The Labute approximate surface area is 139 Å². The molecule has 0 spiro atoms. The molecule has 1 heterocycles. The summed E-state index contributed by atoms with van der Waals surface area (Å²) in [4.78, 5) is 16.4. The van der Waals surface area contributed by atoms with Crippen molar-refractivity contribution in [3.63, 3.8) is 0 Å². The van der Waals surface area contributed by atoms with Crippen molar-refractivity contribution < 1.29 is 19.1 Å². The van der Waals surface area contributed by atoms with Crippen molar-refractivity contribution >= 4 is 40.0 Å². The highest BCUT2D eigenvalue weighted by Crippen LogP contribution is 2.35.